The van der Waals surface area contributed by atoms with Crippen LogP contribution in [0.4, 0.5) is 4.39 Å². The van der Waals surface area contributed by atoms with E-state index in [0.717, 1.165) is 25.2 Å². The van der Waals surface area contributed by atoms with E-state index in [1.165, 1.54) is 17.8 Å². The lowest BCUT2D eigenvalue weighted by Gasteiger charge is -2.16. The highest BCUT2D eigenvalue weighted by atomic mass is 19.1. The molecule has 1 aliphatic heterocycles. The zero-order valence-corrected chi connectivity index (χ0v) is 13.8. The van der Waals surface area contributed by atoms with Gasteiger partial charge in [0.1, 0.15) is 0 Å². The second-order valence-corrected chi connectivity index (χ2v) is 6.47. The first-order chi connectivity index (χ1) is 11.6. The molecule has 1 amide bonds. The van der Waals surface area contributed by atoms with Crippen LogP contribution in [0, 0.1) is 17.8 Å². The molecule has 0 spiro atoms. The van der Waals surface area contributed by atoms with Crippen molar-refractivity contribution in [3.63, 3.8) is 0 Å². The van der Waals surface area contributed by atoms with Crippen LogP contribution in [0.2, 0.25) is 0 Å². The summed E-state index contributed by atoms with van der Waals surface area (Å²) in [7, 11) is 0. The smallest absolute Gasteiger partial charge is 0.224 e. The number of likely N-dealkylation sites (tertiary alicyclic amines) is 1. The van der Waals surface area contributed by atoms with Crippen LogP contribution in [0.1, 0.15) is 18.1 Å². The predicted octanol–water partition coefficient (Wildman–Crippen LogP) is 2.61. The van der Waals surface area contributed by atoms with Crippen LogP contribution < -0.4 is 5.32 Å². The SMILES string of the molecule is CC1CN(Cc2ccccc2)CC1C(=O)NCc1ccnc(F)c1. The predicted molar refractivity (Wildman–Crippen MR) is 90.4 cm³/mol. The fourth-order valence-electron chi connectivity index (χ4n) is 3.25. The Hall–Kier alpha value is -2.27. The average molecular weight is 327 g/mol. The first-order valence-electron chi connectivity index (χ1n) is 8.26. The van der Waals surface area contributed by atoms with Crippen molar-refractivity contribution in [1.29, 1.82) is 0 Å². The van der Waals surface area contributed by atoms with Crippen molar-refractivity contribution in [2.24, 2.45) is 11.8 Å². The molecular formula is C19H22FN3O. The van der Waals surface area contributed by atoms with Gasteiger partial charge in [-0.25, -0.2) is 4.98 Å². The Morgan fingerprint density at radius 1 is 1.25 bits per heavy atom. The number of carbonyl (C=O) groups is 1. The van der Waals surface area contributed by atoms with E-state index in [4.69, 9.17) is 0 Å². The number of pyridine rings is 1. The van der Waals surface area contributed by atoms with E-state index in [1.54, 1.807) is 6.07 Å². The van der Waals surface area contributed by atoms with E-state index in [1.807, 2.05) is 18.2 Å². The summed E-state index contributed by atoms with van der Waals surface area (Å²) >= 11 is 0. The number of aromatic nitrogens is 1. The topological polar surface area (TPSA) is 45.2 Å². The van der Waals surface area contributed by atoms with Crippen LogP contribution in [0.25, 0.3) is 0 Å². The van der Waals surface area contributed by atoms with Gasteiger partial charge < -0.3 is 5.32 Å². The van der Waals surface area contributed by atoms with Crippen LogP contribution in [0.3, 0.4) is 0 Å². The Bertz CT molecular complexity index is 692. The highest BCUT2D eigenvalue weighted by Crippen LogP contribution is 2.24. The minimum Gasteiger partial charge on any atom is -0.352 e. The van der Waals surface area contributed by atoms with Crippen molar-refractivity contribution in [3.05, 3.63) is 65.7 Å². The lowest BCUT2D eigenvalue weighted by atomic mass is 9.97. The molecule has 1 N–H and O–H groups in total. The Kier molecular flexibility index (Phi) is 5.20. The molecule has 2 heterocycles. The average Bonchev–Trinajstić information content (AvgIpc) is 2.94. The van der Waals surface area contributed by atoms with Crippen LogP contribution in [-0.4, -0.2) is 28.9 Å². The Balaban J connectivity index is 1.53. The van der Waals surface area contributed by atoms with Gasteiger partial charge in [0.2, 0.25) is 11.9 Å². The molecule has 1 fully saturated rings. The number of amides is 1. The lowest BCUT2D eigenvalue weighted by Crippen LogP contribution is -2.34. The summed E-state index contributed by atoms with van der Waals surface area (Å²) in [5, 5.41) is 2.92. The van der Waals surface area contributed by atoms with Gasteiger partial charge in [0.05, 0.1) is 5.92 Å². The number of nitrogens with one attached hydrogen (secondary N) is 1. The second-order valence-electron chi connectivity index (χ2n) is 6.47. The van der Waals surface area contributed by atoms with Crippen LogP contribution in [0.15, 0.2) is 48.7 Å². The molecule has 3 rings (SSSR count). The van der Waals surface area contributed by atoms with Crippen molar-refractivity contribution in [2.45, 2.75) is 20.0 Å². The van der Waals surface area contributed by atoms with Crippen molar-refractivity contribution in [2.75, 3.05) is 13.1 Å². The van der Waals surface area contributed by atoms with Crippen molar-refractivity contribution >= 4 is 5.91 Å². The lowest BCUT2D eigenvalue weighted by molar-refractivity contribution is -0.125. The van der Waals surface area contributed by atoms with Gasteiger partial charge in [-0.1, -0.05) is 37.3 Å². The second kappa shape index (κ2) is 7.53. The molecule has 0 saturated carbocycles. The maximum Gasteiger partial charge on any atom is 0.224 e. The zero-order chi connectivity index (χ0) is 16.9. The van der Waals surface area contributed by atoms with Gasteiger partial charge in [0.25, 0.3) is 0 Å². The number of benzene rings is 1. The van der Waals surface area contributed by atoms with Crippen molar-refractivity contribution in [3.8, 4) is 0 Å². The minimum absolute atomic E-state index is 0.0274. The van der Waals surface area contributed by atoms with E-state index in [9.17, 15) is 9.18 Å². The normalized spacial score (nSPS) is 20.9. The maximum absolute atomic E-state index is 13.1. The molecule has 2 unspecified atom stereocenters. The maximum atomic E-state index is 13.1. The Labute approximate surface area is 141 Å². The number of rotatable bonds is 5. The minimum atomic E-state index is -0.523. The summed E-state index contributed by atoms with van der Waals surface area (Å²) in [6.07, 6.45) is 1.41. The van der Waals surface area contributed by atoms with Crippen molar-refractivity contribution in [1.82, 2.24) is 15.2 Å². The Morgan fingerprint density at radius 3 is 2.79 bits per heavy atom. The molecular weight excluding hydrogens is 305 g/mol. The van der Waals surface area contributed by atoms with Crippen LogP contribution >= 0.6 is 0 Å². The summed E-state index contributed by atoms with van der Waals surface area (Å²) in [6, 6.07) is 13.4. The van der Waals surface area contributed by atoms with Crippen LogP contribution in [0.5, 0.6) is 0 Å². The fraction of sp³-hybridized carbons (Fsp3) is 0.368. The molecule has 2 aromatic rings. The van der Waals surface area contributed by atoms with E-state index in [0.29, 0.717) is 12.5 Å². The fourth-order valence-corrected chi connectivity index (χ4v) is 3.25. The summed E-state index contributed by atoms with van der Waals surface area (Å²) in [5.74, 6) is -0.205. The molecule has 1 aromatic carbocycles. The molecule has 24 heavy (non-hydrogen) atoms. The molecule has 0 bridgehead atoms. The van der Waals surface area contributed by atoms with E-state index in [-0.39, 0.29) is 11.8 Å². The quantitative estimate of drug-likeness (QED) is 0.859. The Morgan fingerprint density at radius 2 is 2.04 bits per heavy atom. The van der Waals surface area contributed by atoms with E-state index >= 15 is 0 Å². The molecule has 1 aromatic heterocycles. The summed E-state index contributed by atoms with van der Waals surface area (Å²) < 4.78 is 13.1. The number of nitrogens with zero attached hydrogens (tertiary/aromatic N) is 2. The standard InChI is InChI=1S/C19H22FN3O/c1-14-11-23(12-15-5-3-2-4-6-15)13-17(14)19(24)22-10-16-7-8-21-18(20)9-16/h2-9,14,17H,10-13H2,1H3,(H,22,24). The van der Waals surface area contributed by atoms with Gasteiger partial charge in [0.15, 0.2) is 0 Å². The molecule has 2 atom stereocenters. The highest BCUT2D eigenvalue weighted by Gasteiger charge is 2.34. The zero-order valence-electron chi connectivity index (χ0n) is 13.8. The summed E-state index contributed by atoms with van der Waals surface area (Å²) in [6.45, 7) is 4.98. The molecule has 5 heteroatoms. The summed E-state index contributed by atoms with van der Waals surface area (Å²) in [5.41, 5.74) is 1.99. The van der Waals surface area contributed by atoms with Crippen molar-refractivity contribution < 1.29 is 9.18 Å². The van der Waals surface area contributed by atoms with Gasteiger partial charge in [-0.15, -0.1) is 0 Å². The third kappa shape index (κ3) is 4.17. The number of halogens is 1. The molecule has 4 nitrogen and oxygen atoms in total. The monoisotopic (exact) mass is 327 g/mol. The number of hydrogen-bond acceptors (Lipinski definition) is 3. The van der Waals surface area contributed by atoms with Crippen LogP contribution in [-0.2, 0) is 17.9 Å². The number of hydrogen-bond donors (Lipinski definition) is 1. The first-order valence-corrected chi connectivity index (χ1v) is 8.26. The van der Waals surface area contributed by atoms with E-state index < -0.39 is 5.95 Å². The van der Waals surface area contributed by atoms with Gasteiger partial charge in [-0.3, -0.25) is 9.69 Å². The molecule has 0 radical (unpaired) electrons. The molecule has 126 valence electrons. The van der Waals surface area contributed by atoms with Gasteiger partial charge in [0, 0.05) is 32.4 Å². The number of carbonyl (C=O) groups excluding carboxylic acids is 1. The van der Waals surface area contributed by atoms with Gasteiger partial charge in [-0.05, 0) is 29.2 Å². The van der Waals surface area contributed by atoms with Gasteiger partial charge in [-0.2, -0.15) is 4.39 Å². The molecule has 0 aliphatic carbocycles. The molecule has 1 saturated heterocycles. The van der Waals surface area contributed by atoms with E-state index in [2.05, 4.69) is 34.3 Å². The molecule has 1 aliphatic rings. The third-order valence-electron chi connectivity index (χ3n) is 4.53. The highest BCUT2D eigenvalue weighted by molar-refractivity contribution is 5.79. The third-order valence-corrected chi connectivity index (χ3v) is 4.53. The van der Waals surface area contributed by atoms with Gasteiger partial charge >= 0.3 is 0 Å². The summed E-state index contributed by atoms with van der Waals surface area (Å²) in [4.78, 5) is 18.3. The largest absolute Gasteiger partial charge is 0.352 e. The first kappa shape index (κ1) is 16.6.